The number of ether oxygens (including phenoxy) is 3. The molecule has 0 unspecified atom stereocenters. The van der Waals surface area contributed by atoms with Gasteiger partial charge in [-0.25, -0.2) is 9.59 Å². The van der Waals surface area contributed by atoms with E-state index < -0.39 is 35.0 Å². The van der Waals surface area contributed by atoms with Crippen molar-refractivity contribution in [2.45, 2.75) is 73.1 Å². The number of phenols is 2. The lowest BCUT2D eigenvalue weighted by molar-refractivity contribution is 0.0517. The number of carbonyl (C=O) groups is 4. The topological polar surface area (TPSA) is 160 Å². The van der Waals surface area contributed by atoms with Crippen LogP contribution in [0.3, 0.4) is 0 Å². The largest absolute Gasteiger partial charge is 0.507 e. The number of rotatable bonds is 16. The first-order valence-electron chi connectivity index (χ1n) is 18.1. The lowest BCUT2D eigenvalue weighted by Crippen LogP contribution is -2.24. The number of anilines is 4. The average molecular weight is 723 g/mol. The number of fused-ring (bicyclic) bond motifs is 2. The second-order valence-electron chi connectivity index (χ2n) is 12.9. The number of hydrogen-bond acceptors (Lipinski definition) is 11. The summed E-state index contributed by atoms with van der Waals surface area (Å²) >= 11 is 0. The van der Waals surface area contributed by atoms with Crippen molar-refractivity contribution in [1.82, 2.24) is 0 Å². The van der Waals surface area contributed by atoms with Crippen LogP contribution in [0.4, 0.5) is 22.7 Å². The van der Waals surface area contributed by atoms with Crippen molar-refractivity contribution in [3.05, 3.63) is 99.1 Å². The number of hydrogen-bond donors (Lipinski definition) is 4. The molecule has 0 bridgehead atoms. The molecular formula is C42H46N2O9. The lowest BCUT2D eigenvalue weighted by atomic mass is 9.81. The first kappa shape index (κ1) is 38.4. The molecule has 4 N–H and O–H groups in total. The summed E-state index contributed by atoms with van der Waals surface area (Å²) in [5, 5.41) is 28.3. The number of ketones is 2. The van der Waals surface area contributed by atoms with E-state index in [1.165, 1.54) is 6.07 Å². The Kier molecular flexibility index (Phi) is 12.4. The second-order valence-corrected chi connectivity index (χ2v) is 12.9. The van der Waals surface area contributed by atoms with E-state index in [0.29, 0.717) is 28.9 Å². The molecule has 0 atom stereocenters. The molecule has 0 aliphatic heterocycles. The third-order valence-electron chi connectivity index (χ3n) is 9.16. The molecule has 11 nitrogen and oxygen atoms in total. The molecule has 0 heterocycles. The summed E-state index contributed by atoms with van der Waals surface area (Å²) in [6, 6.07) is 14.0. The quantitative estimate of drug-likeness (QED) is 0.0437. The Hall–Kier alpha value is -5.84. The zero-order valence-electron chi connectivity index (χ0n) is 30.8. The molecule has 278 valence electrons. The van der Waals surface area contributed by atoms with Gasteiger partial charge in [-0.15, -0.1) is 0 Å². The van der Waals surface area contributed by atoms with E-state index in [1.54, 1.807) is 64.1 Å². The maximum absolute atomic E-state index is 14.4. The van der Waals surface area contributed by atoms with Gasteiger partial charge in [0, 0.05) is 5.56 Å². The Balaban J connectivity index is 1.78. The van der Waals surface area contributed by atoms with Gasteiger partial charge in [0.2, 0.25) is 5.78 Å². The summed E-state index contributed by atoms with van der Waals surface area (Å²) in [5.41, 5.74) is 2.06. The van der Waals surface area contributed by atoms with Gasteiger partial charge in [0.1, 0.15) is 17.2 Å². The van der Waals surface area contributed by atoms with Crippen LogP contribution in [0.2, 0.25) is 0 Å². The lowest BCUT2D eigenvalue weighted by Gasteiger charge is -2.27. The van der Waals surface area contributed by atoms with Crippen LogP contribution in [0.5, 0.6) is 17.2 Å². The van der Waals surface area contributed by atoms with Gasteiger partial charge in [-0.2, -0.15) is 0 Å². The fraction of sp³-hybridized carbons (Fsp3) is 0.333. The number of carbonyl (C=O) groups excluding carboxylic acids is 4. The number of benzene rings is 4. The summed E-state index contributed by atoms with van der Waals surface area (Å²) in [6.45, 7) is 9.62. The Labute approximate surface area is 309 Å². The molecule has 0 spiro atoms. The maximum atomic E-state index is 14.4. The SMILES string of the molecule is CCCCCCCCOc1c(Nc2c(C)cccc2C(=O)OCC)c(Nc2c(C)cccc2C(=O)OCC)cc2c1C(=O)c1c(O)ccc(O)c1C2=O. The molecule has 0 radical (unpaired) electrons. The average Bonchev–Trinajstić information content (AvgIpc) is 3.13. The minimum atomic E-state index is -0.728. The van der Waals surface area contributed by atoms with E-state index in [-0.39, 0.29) is 70.3 Å². The second kappa shape index (κ2) is 17.1. The molecule has 11 heteroatoms. The predicted octanol–water partition coefficient (Wildman–Crippen LogP) is 9.07. The van der Waals surface area contributed by atoms with Crippen molar-refractivity contribution in [1.29, 1.82) is 0 Å². The molecule has 1 aliphatic carbocycles. The molecular weight excluding hydrogens is 676 g/mol. The molecule has 0 saturated carbocycles. The molecule has 4 aromatic rings. The Morgan fingerprint density at radius 3 is 1.74 bits per heavy atom. The summed E-state index contributed by atoms with van der Waals surface area (Å²) in [5.74, 6) is -3.53. The minimum Gasteiger partial charge on any atom is -0.507 e. The monoisotopic (exact) mass is 722 g/mol. The zero-order valence-corrected chi connectivity index (χ0v) is 30.8. The van der Waals surface area contributed by atoms with Crippen LogP contribution in [-0.4, -0.2) is 53.5 Å². The highest BCUT2D eigenvalue weighted by atomic mass is 16.5. The van der Waals surface area contributed by atoms with E-state index in [1.807, 2.05) is 0 Å². The van der Waals surface area contributed by atoms with Gasteiger partial charge in [-0.1, -0.05) is 63.3 Å². The molecule has 53 heavy (non-hydrogen) atoms. The van der Waals surface area contributed by atoms with Crippen molar-refractivity contribution in [3.63, 3.8) is 0 Å². The minimum absolute atomic E-state index is 0.00497. The van der Waals surface area contributed by atoms with Crippen molar-refractivity contribution in [2.75, 3.05) is 30.5 Å². The first-order chi connectivity index (χ1) is 25.5. The van der Waals surface area contributed by atoms with E-state index in [2.05, 4.69) is 17.6 Å². The molecule has 0 aromatic heterocycles. The smallest absolute Gasteiger partial charge is 0.340 e. The van der Waals surface area contributed by atoms with Crippen molar-refractivity contribution in [2.24, 2.45) is 0 Å². The Bertz CT molecular complexity index is 2050. The predicted molar refractivity (Wildman–Crippen MR) is 203 cm³/mol. The van der Waals surface area contributed by atoms with Gasteiger partial charge >= 0.3 is 11.9 Å². The van der Waals surface area contributed by atoms with E-state index in [4.69, 9.17) is 14.2 Å². The van der Waals surface area contributed by atoms with Gasteiger partial charge in [0.05, 0.1) is 64.7 Å². The Morgan fingerprint density at radius 2 is 1.17 bits per heavy atom. The molecule has 5 rings (SSSR count). The van der Waals surface area contributed by atoms with E-state index in [9.17, 15) is 29.4 Å². The van der Waals surface area contributed by atoms with Crippen molar-refractivity contribution in [3.8, 4) is 17.2 Å². The number of unbranched alkanes of at least 4 members (excludes halogenated alkanes) is 5. The van der Waals surface area contributed by atoms with Gasteiger partial charge in [0.25, 0.3) is 0 Å². The third-order valence-corrected chi connectivity index (χ3v) is 9.16. The van der Waals surface area contributed by atoms with Crippen LogP contribution in [0, 0.1) is 13.8 Å². The number of para-hydroxylation sites is 2. The highest BCUT2D eigenvalue weighted by molar-refractivity contribution is 6.32. The number of aromatic hydroxyl groups is 2. The number of nitrogens with one attached hydrogen (secondary N) is 2. The van der Waals surface area contributed by atoms with Crippen LogP contribution < -0.4 is 15.4 Å². The van der Waals surface area contributed by atoms with Crippen LogP contribution in [0.15, 0.2) is 54.6 Å². The highest BCUT2D eigenvalue weighted by Crippen LogP contribution is 2.48. The summed E-state index contributed by atoms with van der Waals surface area (Å²) in [7, 11) is 0. The van der Waals surface area contributed by atoms with Gasteiger partial charge < -0.3 is 35.1 Å². The van der Waals surface area contributed by atoms with Crippen LogP contribution in [0.1, 0.15) is 123 Å². The molecule has 0 amide bonds. The van der Waals surface area contributed by atoms with E-state index >= 15 is 0 Å². The number of phenolic OH excluding ortho intramolecular Hbond substituents is 2. The first-order valence-corrected chi connectivity index (χ1v) is 18.1. The highest BCUT2D eigenvalue weighted by Gasteiger charge is 2.39. The maximum Gasteiger partial charge on any atom is 0.340 e. The van der Waals surface area contributed by atoms with Gasteiger partial charge in [-0.3, -0.25) is 9.59 Å². The van der Waals surface area contributed by atoms with Crippen LogP contribution in [0.25, 0.3) is 0 Å². The molecule has 1 aliphatic rings. The fourth-order valence-corrected chi connectivity index (χ4v) is 6.47. The third kappa shape index (κ3) is 7.99. The number of esters is 2. The zero-order chi connectivity index (χ0) is 38.2. The van der Waals surface area contributed by atoms with Gasteiger partial charge in [-0.05, 0) is 75.6 Å². The molecule has 4 aromatic carbocycles. The molecule has 0 fully saturated rings. The Morgan fingerprint density at radius 1 is 0.642 bits per heavy atom. The summed E-state index contributed by atoms with van der Waals surface area (Å²) in [4.78, 5) is 55.1. The number of aryl methyl sites for hydroxylation is 2. The van der Waals surface area contributed by atoms with Gasteiger partial charge in [0.15, 0.2) is 11.5 Å². The van der Waals surface area contributed by atoms with Crippen molar-refractivity contribution < 1.29 is 43.6 Å². The molecule has 0 saturated heterocycles. The summed E-state index contributed by atoms with van der Waals surface area (Å²) in [6.07, 6.45) is 5.80. The normalized spacial score (nSPS) is 11.8. The van der Waals surface area contributed by atoms with Crippen molar-refractivity contribution >= 4 is 46.3 Å². The van der Waals surface area contributed by atoms with Crippen LogP contribution in [-0.2, 0) is 9.47 Å². The van der Waals surface area contributed by atoms with Crippen LogP contribution >= 0.6 is 0 Å². The summed E-state index contributed by atoms with van der Waals surface area (Å²) < 4.78 is 17.2. The fourth-order valence-electron chi connectivity index (χ4n) is 6.47. The van der Waals surface area contributed by atoms with E-state index in [0.717, 1.165) is 44.2 Å². The standard InChI is InChI=1S/C42H46N2O9/c1-6-9-10-11-12-13-22-53-40-32-28(38(47)33-30(45)20-21-31(46)34(33)39(32)48)23-29(43-35-24(4)16-14-18-26(35)41(49)51-7-2)37(40)44-36-25(5)17-15-19-27(36)42(50)52-8-3/h14-21,23,43-46H,6-13,22H2,1-5H3.